The van der Waals surface area contributed by atoms with Crippen LogP contribution < -0.4 is 20.3 Å². The number of hydrogen-bond donors (Lipinski definition) is 2. The second kappa shape index (κ2) is 8.66. The minimum atomic E-state index is -0.385. The van der Waals surface area contributed by atoms with Crippen molar-refractivity contribution in [3.05, 3.63) is 64.5 Å². The van der Waals surface area contributed by atoms with Crippen molar-refractivity contribution in [1.82, 2.24) is 25.2 Å². The summed E-state index contributed by atoms with van der Waals surface area (Å²) in [6, 6.07) is 9.98. The number of rotatable bonds is 6. The van der Waals surface area contributed by atoms with Crippen LogP contribution >= 0.6 is 23.2 Å². The third kappa shape index (κ3) is 4.05. The van der Waals surface area contributed by atoms with Gasteiger partial charge in [0, 0.05) is 5.56 Å². The number of methoxy groups -OCH3 is 2. The van der Waals surface area contributed by atoms with Gasteiger partial charge in [-0.25, -0.2) is 14.6 Å². The Labute approximate surface area is 186 Å². The minimum absolute atomic E-state index is 0.377. The summed E-state index contributed by atoms with van der Waals surface area (Å²) >= 11 is 12.1. The highest BCUT2D eigenvalue weighted by molar-refractivity contribution is 6.42. The second-order valence-corrected chi connectivity index (χ2v) is 7.08. The smallest absolute Gasteiger partial charge is 0.269 e. The number of fused-ring (bicyclic) bond motifs is 1. The van der Waals surface area contributed by atoms with E-state index in [0.717, 1.165) is 0 Å². The summed E-state index contributed by atoms with van der Waals surface area (Å²) < 4.78 is 12.0. The number of ether oxygens (including phenoxy) is 2. The Bertz CT molecular complexity index is 1280. The molecule has 0 spiro atoms. The Morgan fingerprint density at radius 1 is 1.00 bits per heavy atom. The third-order valence-electron chi connectivity index (χ3n) is 4.45. The number of halogens is 2. The molecule has 0 radical (unpaired) electrons. The van der Waals surface area contributed by atoms with E-state index >= 15 is 0 Å². The van der Waals surface area contributed by atoms with E-state index in [1.165, 1.54) is 20.5 Å². The first-order chi connectivity index (χ1) is 15.0. The lowest BCUT2D eigenvalue weighted by Gasteiger charge is -2.11. The number of hydrogen-bond acceptors (Lipinski definition) is 7. The fourth-order valence-corrected chi connectivity index (χ4v) is 3.21. The maximum Gasteiger partial charge on any atom is 0.269 e. The number of carbonyl (C=O) groups is 1. The Balaban J connectivity index is 1.58. The Kier molecular flexibility index (Phi) is 5.79. The Morgan fingerprint density at radius 3 is 2.55 bits per heavy atom. The maximum absolute atomic E-state index is 12.6. The van der Waals surface area contributed by atoms with Gasteiger partial charge in [0.15, 0.2) is 23.0 Å². The highest BCUT2D eigenvalue weighted by Gasteiger charge is 2.14. The van der Waals surface area contributed by atoms with Crippen molar-refractivity contribution in [1.29, 1.82) is 0 Å². The van der Waals surface area contributed by atoms with Crippen LogP contribution in [0.1, 0.15) is 10.4 Å². The second-order valence-electron chi connectivity index (χ2n) is 6.26. The molecule has 0 aliphatic heterocycles. The van der Waals surface area contributed by atoms with Gasteiger partial charge in [-0.3, -0.25) is 15.6 Å². The van der Waals surface area contributed by atoms with Gasteiger partial charge in [-0.15, -0.1) is 0 Å². The molecule has 9 nitrogen and oxygen atoms in total. The zero-order chi connectivity index (χ0) is 22.0. The van der Waals surface area contributed by atoms with E-state index in [0.29, 0.717) is 49.6 Å². The number of nitrogens with one attached hydrogen (secondary N) is 2. The lowest BCUT2D eigenvalue weighted by atomic mass is 10.2. The summed E-state index contributed by atoms with van der Waals surface area (Å²) in [6.07, 6.45) is 2.95. The van der Waals surface area contributed by atoms with Crippen molar-refractivity contribution < 1.29 is 14.3 Å². The van der Waals surface area contributed by atoms with Crippen LogP contribution in [0, 0.1) is 0 Å². The van der Waals surface area contributed by atoms with E-state index in [4.69, 9.17) is 32.7 Å². The topological polar surface area (TPSA) is 103 Å². The van der Waals surface area contributed by atoms with Crippen molar-refractivity contribution in [3.8, 4) is 17.2 Å². The third-order valence-corrected chi connectivity index (χ3v) is 5.19. The van der Waals surface area contributed by atoms with Crippen LogP contribution in [0.5, 0.6) is 11.5 Å². The maximum atomic E-state index is 12.6. The van der Waals surface area contributed by atoms with Gasteiger partial charge < -0.3 is 9.47 Å². The van der Waals surface area contributed by atoms with Crippen LogP contribution in [0.4, 0.5) is 5.82 Å². The predicted octanol–water partition coefficient (Wildman–Crippen LogP) is 3.90. The number of hydrazine groups is 1. The summed E-state index contributed by atoms with van der Waals surface area (Å²) in [5, 5.41) is 5.79. The van der Waals surface area contributed by atoms with Crippen LogP contribution in [0.15, 0.2) is 48.9 Å². The molecule has 0 bridgehead atoms. The Morgan fingerprint density at radius 2 is 1.81 bits per heavy atom. The number of carbonyl (C=O) groups excluding carboxylic acids is 1. The average molecular weight is 459 g/mol. The van der Waals surface area contributed by atoms with Crippen molar-refractivity contribution >= 4 is 46.0 Å². The highest BCUT2D eigenvalue weighted by atomic mass is 35.5. The van der Waals surface area contributed by atoms with E-state index in [9.17, 15) is 4.79 Å². The molecular formula is C20H16Cl2N6O3. The number of aromatic nitrogens is 4. The summed E-state index contributed by atoms with van der Waals surface area (Å²) in [5.41, 5.74) is 7.01. The molecule has 0 fully saturated rings. The molecule has 0 saturated heterocycles. The first-order valence-electron chi connectivity index (χ1n) is 8.94. The molecule has 31 heavy (non-hydrogen) atoms. The lowest BCUT2D eigenvalue weighted by molar-refractivity contribution is 0.0962. The number of anilines is 1. The summed E-state index contributed by atoms with van der Waals surface area (Å²) in [7, 11) is 3.03. The molecule has 2 aromatic carbocycles. The van der Waals surface area contributed by atoms with Gasteiger partial charge in [0.2, 0.25) is 0 Å². The van der Waals surface area contributed by atoms with Gasteiger partial charge in [-0.05, 0) is 36.4 Å². The molecule has 0 aliphatic carbocycles. The first-order valence-corrected chi connectivity index (χ1v) is 9.70. The van der Waals surface area contributed by atoms with Gasteiger partial charge in [0.25, 0.3) is 5.91 Å². The fraction of sp³-hybridized carbons (Fsp3) is 0.100. The zero-order valence-electron chi connectivity index (χ0n) is 16.4. The molecule has 11 heteroatoms. The quantitative estimate of drug-likeness (QED) is 0.422. The molecule has 158 valence electrons. The van der Waals surface area contributed by atoms with E-state index in [2.05, 4.69) is 25.9 Å². The predicted molar refractivity (Wildman–Crippen MR) is 117 cm³/mol. The van der Waals surface area contributed by atoms with Gasteiger partial charge in [-0.1, -0.05) is 23.2 Å². The molecule has 2 heterocycles. The number of amides is 1. The van der Waals surface area contributed by atoms with Gasteiger partial charge in [0.1, 0.15) is 6.33 Å². The molecule has 2 N–H and O–H groups in total. The minimum Gasteiger partial charge on any atom is -0.493 e. The van der Waals surface area contributed by atoms with E-state index in [-0.39, 0.29) is 5.91 Å². The van der Waals surface area contributed by atoms with E-state index in [1.54, 1.807) is 47.3 Å². The van der Waals surface area contributed by atoms with Crippen LogP contribution in [0.3, 0.4) is 0 Å². The van der Waals surface area contributed by atoms with Crippen LogP contribution in [-0.4, -0.2) is 39.9 Å². The standard InChI is InChI=1S/C20H16Cl2N6O3/c1-30-16-6-3-11(7-17(16)31-2)20(29)27-26-18-13-9-25-28(19(13)24-10-23-18)12-4-5-14(21)15(22)8-12/h3-10H,1-2H3,(H,27,29)(H,23,24,26). The van der Waals surface area contributed by atoms with Gasteiger partial charge in [-0.2, -0.15) is 5.10 Å². The largest absolute Gasteiger partial charge is 0.493 e. The average Bonchev–Trinajstić information content (AvgIpc) is 3.23. The molecule has 0 unspecified atom stereocenters. The normalized spacial score (nSPS) is 10.7. The summed E-state index contributed by atoms with van der Waals surface area (Å²) in [6.45, 7) is 0. The van der Waals surface area contributed by atoms with Gasteiger partial charge in [0.05, 0.1) is 41.5 Å². The van der Waals surface area contributed by atoms with Crippen LogP contribution in [0.2, 0.25) is 10.0 Å². The molecule has 0 aliphatic rings. The first kappa shape index (κ1) is 20.7. The fourth-order valence-electron chi connectivity index (χ4n) is 2.92. The van der Waals surface area contributed by atoms with E-state index < -0.39 is 0 Å². The summed E-state index contributed by atoms with van der Waals surface area (Å²) in [5.74, 6) is 0.969. The molecule has 4 rings (SSSR count). The summed E-state index contributed by atoms with van der Waals surface area (Å²) in [4.78, 5) is 21.0. The number of nitrogens with zero attached hydrogens (tertiary/aromatic N) is 4. The number of benzene rings is 2. The zero-order valence-corrected chi connectivity index (χ0v) is 17.9. The lowest BCUT2D eigenvalue weighted by Crippen LogP contribution is -2.30. The highest BCUT2D eigenvalue weighted by Crippen LogP contribution is 2.28. The van der Waals surface area contributed by atoms with Crippen molar-refractivity contribution in [2.24, 2.45) is 0 Å². The van der Waals surface area contributed by atoms with Crippen molar-refractivity contribution in [2.45, 2.75) is 0 Å². The van der Waals surface area contributed by atoms with Gasteiger partial charge >= 0.3 is 0 Å². The van der Waals surface area contributed by atoms with Crippen molar-refractivity contribution in [2.75, 3.05) is 19.6 Å². The molecular weight excluding hydrogens is 443 g/mol. The van der Waals surface area contributed by atoms with Crippen LogP contribution in [-0.2, 0) is 0 Å². The molecule has 2 aromatic heterocycles. The SMILES string of the molecule is COc1ccc(C(=O)NNc2ncnc3c2cnn3-c2ccc(Cl)c(Cl)c2)cc1OC. The monoisotopic (exact) mass is 458 g/mol. The molecule has 1 amide bonds. The Hall–Kier alpha value is -3.56. The van der Waals surface area contributed by atoms with Crippen molar-refractivity contribution in [3.63, 3.8) is 0 Å². The molecule has 4 aromatic rings. The van der Waals surface area contributed by atoms with Crippen LogP contribution in [0.25, 0.3) is 16.7 Å². The molecule has 0 saturated carbocycles. The van der Waals surface area contributed by atoms with E-state index in [1.807, 2.05) is 0 Å². The molecule has 0 atom stereocenters.